The van der Waals surface area contributed by atoms with Crippen molar-refractivity contribution in [2.45, 2.75) is 33.1 Å². The highest BCUT2D eigenvalue weighted by Gasteiger charge is 2.00. The molecule has 1 atom stereocenters. The molecule has 0 bridgehead atoms. The molecule has 8 heavy (non-hydrogen) atoms. The summed E-state index contributed by atoms with van der Waals surface area (Å²) in [6.07, 6.45) is 3.48. The number of aliphatic hydroxyl groups is 1. The predicted molar refractivity (Wildman–Crippen MR) is 35.8 cm³/mol. The third-order valence-electron chi connectivity index (χ3n) is 1.53. The lowest BCUT2D eigenvalue weighted by Crippen LogP contribution is -2.02. The van der Waals surface area contributed by atoms with Crippen molar-refractivity contribution in [3.05, 3.63) is 0 Å². The van der Waals surface area contributed by atoms with Gasteiger partial charge in [0.2, 0.25) is 0 Å². The molecule has 1 nitrogen and oxygen atoms in total. The Morgan fingerprint density at radius 2 is 2.00 bits per heavy atom. The van der Waals surface area contributed by atoms with Crippen molar-refractivity contribution in [2.24, 2.45) is 5.92 Å². The Morgan fingerprint density at radius 1 is 1.38 bits per heavy atom. The largest absolute Gasteiger partial charge is 0.396 e. The van der Waals surface area contributed by atoms with Crippen LogP contribution >= 0.6 is 0 Å². The Labute approximate surface area is 51.7 Å². The van der Waals surface area contributed by atoms with Crippen LogP contribution in [0.15, 0.2) is 0 Å². The highest BCUT2D eigenvalue weighted by Crippen LogP contribution is 2.08. The molecule has 0 saturated heterocycles. The van der Waals surface area contributed by atoms with Gasteiger partial charge in [-0.05, 0) is 12.3 Å². The maximum absolute atomic E-state index is 8.66. The van der Waals surface area contributed by atoms with E-state index < -0.39 is 0 Å². The Kier molecular flexibility index (Phi) is 5.08. The zero-order valence-corrected chi connectivity index (χ0v) is 5.85. The van der Waals surface area contributed by atoms with Crippen LogP contribution in [0.2, 0.25) is 0 Å². The average Bonchev–Trinajstić information content (AvgIpc) is 1.83. The van der Waals surface area contributed by atoms with Crippen molar-refractivity contribution in [3.8, 4) is 0 Å². The van der Waals surface area contributed by atoms with E-state index in [1.54, 1.807) is 0 Å². The first-order valence-corrected chi connectivity index (χ1v) is 3.46. The maximum atomic E-state index is 8.66. The highest BCUT2D eigenvalue weighted by atomic mass is 16.3. The molecule has 0 amide bonds. The lowest BCUT2D eigenvalue weighted by atomic mass is 10.0. The van der Waals surface area contributed by atoms with Gasteiger partial charge in [-0.25, -0.2) is 0 Å². The summed E-state index contributed by atoms with van der Waals surface area (Å²) in [5.41, 5.74) is 0. The topological polar surface area (TPSA) is 20.2 Å². The van der Waals surface area contributed by atoms with Gasteiger partial charge in [0.05, 0.1) is 0 Å². The van der Waals surface area contributed by atoms with E-state index in [2.05, 4.69) is 13.8 Å². The third-order valence-corrected chi connectivity index (χ3v) is 1.53. The van der Waals surface area contributed by atoms with Crippen LogP contribution in [0.1, 0.15) is 33.1 Å². The lowest BCUT2D eigenvalue weighted by Gasteiger charge is -2.07. The van der Waals surface area contributed by atoms with E-state index in [1.165, 1.54) is 12.8 Å². The monoisotopic (exact) mass is 116 g/mol. The summed E-state index contributed by atoms with van der Waals surface area (Å²) >= 11 is 0. The second-order valence-electron chi connectivity index (χ2n) is 2.25. The molecule has 50 valence electrons. The number of hydrogen-bond acceptors (Lipinski definition) is 1. The standard InChI is InChI=1S/C7H16O/c1-3-5-7(4-2)6-8/h7-8H,3-6H2,1-2H3/t7-/m0/s1. The quantitative estimate of drug-likeness (QED) is 0.594. The molecule has 0 aliphatic carbocycles. The van der Waals surface area contributed by atoms with Crippen molar-refractivity contribution in [1.29, 1.82) is 0 Å². The van der Waals surface area contributed by atoms with Gasteiger partial charge < -0.3 is 5.11 Å². The molecule has 0 radical (unpaired) electrons. The fourth-order valence-electron chi connectivity index (χ4n) is 0.833. The van der Waals surface area contributed by atoms with Crippen LogP contribution < -0.4 is 0 Å². The highest BCUT2D eigenvalue weighted by molar-refractivity contribution is 4.51. The molecule has 0 aromatic rings. The van der Waals surface area contributed by atoms with Crippen molar-refractivity contribution in [1.82, 2.24) is 0 Å². The van der Waals surface area contributed by atoms with Gasteiger partial charge in [-0.1, -0.05) is 26.7 Å². The SMILES string of the molecule is CCC[C@H](CC)CO. The van der Waals surface area contributed by atoms with E-state index in [0.717, 1.165) is 6.42 Å². The minimum Gasteiger partial charge on any atom is -0.396 e. The van der Waals surface area contributed by atoms with Gasteiger partial charge >= 0.3 is 0 Å². The Balaban J connectivity index is 3.07. The summed E-state index contributed by atoms with van der Waals surface area (Å²) in [5.74, 6) is 0.556. The van der Waals surface area contributed by atoms with Crippen LogP contribution in [0, 0.1) is 5.92 Å². The van der Waals surface area contributed by atoms with Crippen LogP contribution in [0.3, 0.4) is 0 Å². The first-order valence-electron chi connectivity index (χ1n) is 3.46. The van der Waals surface area contributed by atoms with Gasteiger partial charge in [-0.2, -0.15) is 0 Å². The minimum atomic E-state index is 0.365. The molecule has 1 heteroatoms. The predicted octanol–water partition coefficient (Wildman–Crippen LogP) is 1.81. The first-order chi connectivity index (χ1) is 3.85. The summed E-state index contributed by atoms with van der Waals surface area (Å²) in [4.78, 5) is 0. The molecule has 0 heterocycles. The molecule has 0 aliphatic heterocycles. The average molecular weight is 116 g/mol. The molecule has 0 spiro atoms. The smallest absolute Gasteiger partial charge is 0.0459 e. The third kappa shape index (κ3) is 3.03. The van der Waals surface area contributed by atoms with Gasteiger partial charge in [0.25, 0.3) is 0 Å². The van der Waals surface area contributed by atoms with E-state index in [1.807, 2.05) is 0 Å². The molecule has 0 fully saturated rings. The molecule has 0 unspecified atom stereocenters. The summed E-state index contributed by atoms with van der Waals surface area (Å²) in [7, 11) is 0. The van der Waals surface area contributed by atoms with Crippen LogP contribution in [0.5, 0.6) is 0 Å². The molecule has 0 aliphatic rings. The number of aliphatic hydroxyl groups excluding tert-OH is 1. The summed E-state index contributed by atoms with van der Waals surface area (Å²) in [6, 6.07) is 0. The van der Waals surface area contributed by atoms with E-state index in [0.29, 0.717) is 12.5 Å². The van der Waals surface area contributed by atoms with Crippen LogP contribution in [0.25, 0.3) is 0 Å². The van der Waals surface area contributed by atoms with Crippen LogP contribution in [-0.4, -0.2) is 11.7 Å². The Bertz CT molecular complexity index is 39.7. The van der Waals surface area contributed by atoms with E-state index in [-0.39, 0.29) is 0 Å². The van der Waals surface area contributed by atoms with E-state index in [9.17, 15) is 0 Å². The van der Waals surface area contributed by atoms with Crippen LogP contribution in [-0.2, 0) is 0 Å². The molecule has 0 saturated carbocycles. The van der Waals surface area contributed by atoms with Gasteiger partial charge in [0.1, 0.15) is 0 Å². The van der Waals surface area contributed by atoms with Gasteiger partial charge in [0.15, 0.2) is 0 Å². The van der Waals surface area contributed by atoms with Crippen molar-refractivity contribution in [3.63, 3.8) is 0 Å². The van der Waals surface area contributed by atoms with Crippen molar-refractivity contribution < 1.29 is 5.11 Å². The van der Waals surface area contributed by atoms with Crippen molar-refractivity contribution in [2.75, 3.05) is 6.61 Å². The van der Waals surface area contributed by atoms with Crippen molar-refractivity contribution >= 4 is 0 Å². The minimum absolute atomic E-state index is 0.365. The molecule has 1 N–H and O–H groups in total. The number of rotatable bonds is 4. The van der Waals surface area contributed by atoms with Crippen LogP contribution in [0.4, 0.5) is 0 Å². The second-order valence-corrected chi connectivity index (χ2v) is 2.25. The summed E-state index contributed by atoms with van der Waals surface area (Å²) < 4.78 is 0. The lowest BCUT2D eigenvalue weighted by molar-refractivity contribution is 0.214. The molecule has 0 aromatic heterocycles. The first kappa shape index (κ1) is 7.96. The summed E-state index contributed by atoms with van der Waals surface area (Å²) in [6.45, 7) is 4.64. The molecule has 0 rings (SSSR count). The van der Waals surface area contributed by atoms with Gasteiger partial charge in [0, 0.05) is 6.61 Å². The molecular weight excluding hydrogens is 100 g/mol. The van der Waals surface area contributed by atoms with Gasteiger partial charge in [-0.15, -0.1) is 0 Å². The Hall–Kier alpha value is -0.0400. The zero-order chi connectivity index (χ0) is 6.41. The normalized spacial score (nSPS) is 13.9. The maximum Gasteiger partial charge on any atom is 0.0459 e. The second kappa shape index (κ2) is 5.10. The summed E-state index contributed by atoms with van der Waals surface area (Å²) in [5, 5.41) is 8.66. The van der Waals surface area contributed by atoms with E-state index >= 15 is 0 Å². The number of hydrogen-bond donors (Lipinski definition) is 1. The van der Waals surface area contributed by atoms with Gasteiger partial charge in [-0.3, -0.25) is 0 Å². The zero-order valence-electron chi connectivity index (χ0n) is 5.85. The fourth-order valence-corrected chi connectivity index (χ4v) is 0.833. The van der Waals surface area contributed by atoms with E-state index in [4.69, 9.17) is 5.11 Å². The molecule has 0 aromatic carbocycles. The Morgan fingerprint density at radius 3 is 2.12 bits per heavy atom. The molecular formula is C7H16O. The fraction of sp³-hybridized carbons (Fsp3) is 1.00.